The molecular weight excluding hydrogens is 226 g/mol. The molecule has 100 valence electrons. The minimum atomic E-state index is 0.500. The van der Waals surface area contributed by atoms with Gasteiger partial charge in [0.15, 0.2) is 0 Å². The van der Waals surface area contributed by atoms with Gasteiger partial charge in [0.1, 0.15) is 12.1 Å². The van der Waals surface area contributed by atoms with E-state index in [-0.39, 0.29) is 0 Å². The number of rotatable bonds is 4. The number of aromatic nitrogens is 2. The molecule has 0 saturated heterocycles. The Morgan fingerprint density at radius 3 is 2.72 bits per heavy atom. The van der Waals surface area contributed by atoms with E-state index in [0.717, 1.165) is 5.82 Å². The summed E-state index contributed by atoms with van der Waals surface area (Å²) in [6, 6.07) is 2.41. The summed E-state index contributed by atoms with van der Waals surface area (Å²) in [5.74, 6) is 1.52. The van der Waals surface area contributed by atoms with Crippen molar-refractivity contribution in [1.82, 2.24) is 9.97 Å². The van der Waals surface area contributed by atoms with Crippen molar-refractivity contribution in [2.45, 2.75) is 52.5 Å². The molecule has 1 saturated carbocycles. The molecule has 0 spiro atoms. The van der Waals surface area contributed by atoms with Crippen LogP contribution < -0.4 is 10.1 Å². The molecule has 0 atom stereocenters. The lowest BCUT2D eigenvalue weighted by molar-refractivity contribution is 0.232. The average Bonchev–Trinajstić information content (AvgIpc) is 2.33. The van der Waals surface area contributed by atoms with Crippen LogP contribution in [0.4, 0.5) is 5.82 Å². The minimum absolute atomic E-state index is 0.500. The quantitative estimate of drug-likeness (QED) is 0.889. The van der Waals surface area contributed by atoms with Gasteiger partial charge in [-0.3, -0.25) is 0 Å². The van der Waals surface area contributed by atoms with E-state index in [9.17, 15) is 0 Å². The summed E-state index contributed by atoms with van der Waals surface area (Å²) in [6.45, 7) is 7.29. The molecular formula is C14H23N3O. The van der Waals surface area contributed by atoms with Gasteiger partial charge in [-0.25, -0.2) is 9.97 Å². The first kappa shape index (κ1) is 13.1. The zero-order valence-corrected chi connectivity index (χ0v) is 11.6. The molecule has 1 aromatic rings. The summed E-state index contributed by atoms with van der Waals surface area (Å²) in [4.78, 5) is 8.32. The Morgan fingerprint density at radius 2 is 2.06 bits per heavy atom. The Bertz CT molecular complexity index is 382. The number of nitrogens with one attached hydrogen (secondary N) is 1. The predicted octanol–water partition coefficient (Wildman–Crippen LogP) is 3.26. The Kier molecular flexibility index (Phi) is 4.04. The highest BCUT2D eigenvalue weighted by Crippen LogP contribution is 2.35. The van der Waals surface area contributed by atoms with Crippen LogP contribution in [0.1, 0.15) is 46.5 Å². The van der Waals surface area contributed by atoms with Crippen LogP contribution in [0.3, 0.4) is 0 Å². The predicted molar refractivity (Wildman–Crippen MR) is 72.9 cm³/mol. The van der Waals surface area contributed by atoms with E-state index in [1.807, 2.05) is 13.0 Å². The first-order chi connectivity index (χ1) is 8.59. The maximum absolute atomic E-state index is 5.38. The number of anilines is 1. The van der Waals surface area contributed by atoms with E-state index in [1.165, 1.54) is 25.7 Å². The van der Waals surface area contributed by atoms with Gasteiger partial charge in [0.05, 0.1) is 6.61 Å². The lowest BCUT2D eigenvalue weighted by Gasteiger charge is -2.34. The van der Waals surface area contributed by atoms with Gasteiger partial charge in [0.25, 0.3) is 0 Å². The second-order valence-corrected chi connectivity index (χ2v) is 5.76. The molecule has 1 aliphatic rings. The molecule has 18 heavy (non-hydrogen) atoms. The molecule has 0 unspecified atom stereocenters. The molecule has 4 heteroatoms. The van der Waals surface area contributed by atoms with Crippen molar-refractivity contribution in [3.8, 4) is 5.88 Å². The van der Waals surface area contributed by atoms with Crippen molar-refractivity contribution in [3.05, 3.63) is 12.4 Å². The third kappa shape index (κ3) is 3.59. The van der Waals surface area contributed by atoms with Gasteiger partial charge in [-0.1, -0.05) is 13.8 Å². The fourth-order valence-corrected chi connectivity index (χ4v) is 2.40. The normalized spacial score (nSPS) is 19.5. The van der Waals surface area contributed by atoms with Gasteiger partial charge in [0.2, 0.25) is 5.88 Å². The van der Waals surface area contributed by atoms with Crippen molar-refractivity contribution in [1.29, 1.82) is 0 Å². The molecule has 0 radical (unpaired) electrons. The third-order valence-electron chi connectivity index (χ3n) is 3.63. The van der Waals surface area contributed by atoms with Crippen molar-refractivity contribution in [2.75, 3.05) is 11.9 Å². The van der Waals surface area contributed by atoms with Gasteiger partial charge < -0.3 is 10.1 Å². The van der Waals surface area contributed by atoms with Crippen LogP contribution in [0.5, 0.6) is 5.88 Å². The second kappa shape index (κ2) is 5.55. The number of hydrogen-bond donors (Lipinski definition) is 1. The lowest BCUT2D eigenvalue weighted by atomic mass is 9.75. The van der Waals surface area contributed by atoms with Crippen molar-refractivity contribution in [3.63, 3.8) is 0 Å². The van der Waals surface area contributed by atoms with Crippen LogP contribution in [0.15, 0.2) is 12.4 Å². The fourth-order valence-electron chi connectivity index (χ4n) is 2.40. The molecule has 0 aliphatic heterocycles. The molecule has 0 aromatic carbocycles. The summed E-state index contributed by atoms with van der Waals surface area (Å²) in [7, 11) is 0. The SMILES string of the molecule is CCOc1cc(NC2CCC(C)(C)CC2)ncn1. The highest BCUT2D eigenvalue weighted by molar-refractivity contribution is 5.38. The number of hydrogen-bond acceptors (Lipinski definition) is 4. The Hall–Kier alpha value is -1.32. The molecule has 1 aliphatic carbocycles. The maximum Gasteiger partial charge on any atom is 0.218 e. The highest BCUT2D eigenvalue weighted by atomic mass is 16.5. The van der Waals surface area contributed by atoms with Crippen molar-refractivity contribution in [2.24, 2.45) is 5.41 Å². The van der Waals surface area contributed by atoms with Gasteiger partial charge in [-0.15, -0.1) is 0 Å². The van der Waals surface area contributed by atoms with E-state index >= 15 is 0 Å². The van der Waals surface area contributed by atoms with Crippen molar-refractivity contribution < 1.29 is 4.74 Å². The number of nitrogens with zero attached hydrogens (tertiary/aromatic N) is 2. The summed E-state index contributed by atoms with van der Waals surface area (Å²) in [6.07, 6.45) is 6.52. The monoisotopic (exact) mass is 249 g/mol. The van der Waals surface area contributed by atoms with E-state index in [1.54, 1.807) is 6.33 Å². The van der Waals surface area contributed by atoms with Crippen molar-refractivity contribution >= 4 is 5.82 Å². The van der Waals surface area contributed by atoms with Gasteiger partial charge in [-0.05, 0) is 38.0 Å². The third-order valence-corrected chi connectivity index (χ3v) is 3.63. The highest BCUT2D eigenvalue weighted by Gasteiger charge is 2.26. The molecule has 1 aromatic heterocycles. The first-order valence-corrected chi connectivity index (χ1v) is 6.80. The molecule has 0 bridgehead atoms. The molecule has 1 fully saturated rings. The molecule has 1 heterocycles. The standard InChI is InChI=1S/C14H23N3O/c1-4-18-13-9-12(15-10-16-13)17-11-5-7-14(2,3)8-6-11/h9-11H,4-8H2,1-3H3,(H,15,16,17). The van der Waals surface area contributed by atoms with Gasteiger partial charge in [-0.2, -0.15) is 0 Å². The largest absolute Gasteiger partial charge is 0.478 e. The van der Waals surface area contributed by atoms with Crippen LogP contribution >= 0.6 is 0 Å². The minimum Gasteiger partial charge on any atom is -0.478 e. The van der Waals surface area contributed by atoms with E-state index < -0.39 is 0 Å². The zero-order valence-electron chi connectivity index (χ0n) is 11.6. The summed E-state index contributed by atoms with van der Waals surface area (Å²) >= 11 is 0. The molecule has 1 N–H and O–H groups in total. The Morgan fingerprint density at radius 1 is 1.33 bits per heavy atom. The van der Waals surface area contributed by atoms with Crippen LogP contribution in [0.2, 0.25) is 0 Å². The molecule has 2 rings (SSSR count). The van der Waals surface area contributed by atoms with Gasteiger partial charge >= 0.3 is 0 Å². The summed E-state index contributed by atoms with van der Waals surface area (Å²) < 4.78 is 5.38. The Balaban J connectivity index is 1.91. The van der Waals surface area contributed by atoms with Crippen LogP contribution in [0.25, 0.3) is 0 Å². The van der Waals surface area contributed by atoms with Crippen LogP contribution in [-0.4, -0.2) is 22.6 Å². The van der Waals surface area contributed by atoms with E-state index in [4.69, 9.17) is 4.74 Å². The summed E-state index contributed by atoms with van der Waals surface area (Å²) in [5.41, 5.74) is 0.500. The topological polar surface area (TPSA) is 47.0 Å². The Labute approximate surface area is 109 Å². The zero-order chi connectivity index (χ0) is 13.0. The van der Waals surface area contributed by atoms with E-state index in [0.29, 0.717) is 23.9 Å². The smallest absolute Gasteiger partial charge is 0.218 e. The van der Waals surface area contributed by atoms with Gasteiger partial charge in [0, 0.05) is 12.1 Å². The second-order valence-electron chi connectivity index (χ2n) is 5.76. The maximum atomic E-state index is 5.38. The first-order valence-electron chi connectivity index (χ1n) is 6.80. The average molecular weight is 249 g/mol. The molecule has 0 amide bonds. The molecule has 4 nitrogen and oxygen atoms in total. The van der Waals surface area contributed by atoms with E-state index in [2.05, 4.69) is 29.1 Å². The van der Waals surface area contributed by atoms with Crippen LogP contribution in [0, 0.1) is 5.41 Å². The lowest BCUT2D eigenvalue weighted by Crippen LogP contribution is -2.30. The van der Waals surface area contributed by atoms with Crippen LogP contribution in [-0.2, 0) is 0 Å². The fraction of sp³-hybridized carbons (Fsp3) is 0.714. The summed E-state index contributed by atoms with van der Waals surface area (Å²) in [5, 5.41) is 3.49. The number of ether oxygens (including phenoxy) is 1.